The smallest absolute Gasteiger partial charge is 0.407 e. The number of rotatable bonds is 3. The summed E-state index contributed by atoms with van der Waals surface area (Å²) >= 11 is 0. The van der Waals surface area contributed by atoms with Crippen LogP contribution in [0.3, 0.4) is 0 Å². The van der Waals surface area contributed by atoms with E-state index < -0.39 is 17.7 Å². The minimum Gasteiger partial charge on any atom is -0.481 e. The first-order valence-electron chi connectivity index (χ1n) is 5.97. The van der Waals surface area contributed by atoms with Crippen molar-refractivity contribution in [3.8, 4) is 0 Å². The average Bonchev–Trinajstić information content (AvgIpc) is 2.60. The zero-order valence-electron chi connectivity index (χ0n) is 10.7. The molecule has 2 N–H and O–H groups in total. The number of hydrogen-bond acceptors (Lipinski definition) is 3. The van der Waals surface area contributed by atoms with Crippen molar-refractivity contribution >= 4 is 12.1 Å². The quantitative estimate of drug-likeness (QED) is 0.795. The molecule has 0 saturated heterocycles. The predicted molar refractivity (Wildman–Crippen MR) is 62.7 cm³/mol. The maximum atomic E-state index is 11.4. The monoisotopic (exact) mass is 243 g/mol. The van der Waals surface area contributed by atoms with Crippen LogP contribution in [0.1, 0.15) is 40.0 Å². The fourth-order valence-corrected chi connectivity index (χ4v) is 2.03. The summed E-state index contributed by atoms with van der Waals surface area (Å²) in [4.78, 5) is 22.1. The van der Waals surface area contributed by atoms with Crippen LogP contribution in [0.15, 0.2) is 0 Å². The van der Waals surface area contributed by atoms with E-state index in [1.807, 2.05) is 20.8 Å². The normalized spacial score (nSPS) is 24.4. The molecule has 1 aliphatic carbocycles. The molecule has 98 valence electrons. The van der Waals surface area contributed by atoms with Crippen LogP contribution in [0.25, 0.3) is 0 Å². The van der Waals surface area contributed by atoms with Gasteiger partial charge in [0.25, 0.3) is 0 Å². The van der Waals surface area contributed by atoms with Gasteiger partial charge in [0, 0.05) is 6.54 Å². The highest BCUT2D eigenvalue weighted by Crippen LogP contribution is 2.30. The molecule has 1 saturated carbocycles. The van der Waals surface area contributed by atoms with E-state index in [2.05, 4.69) is 5.32 Å². The zero-order chi connectivity index (χ0) is 13.1. The van der Waals surface area contributed by atoms with Crippen LogP contribution >= 0.6 is 0 Å². The Morgan fingerprint density at radius 1 is 1.35 bits per heavy atom. The van der Waals surface area contributed by atoms with Crippen molar-refractivity contribution in [1.82, 2.24) is 5.32 Å². The summed E-state index contributed by atoms with van der Waals surface area (Å²) in [6.07, 6.45) is 1.77. The van der Waals surface area contributed by atoms with Gasteiger partial charge >= 0.3 is 12.1 Å². The fraction of sp³-hybridized carbons (Fsp3) is 0.833. The Morgan fingerprint density at radius 3 is 2.47 bits per heavy atom. The number of amides is 1. The second kappa shape index (κ2) is 5.38. The lowest BCUT2D eigenvalue weighted by molar-refractivity contribution is -0.141. The van der Waals surface area contributed by atoms with E-state index in [1.54, 1.807) is 0 Å². The molecule has 2 atom stereocenters. The second-order valence-corrected chi connectivity index (χ2v) is 5.60. The summed E-state index contributed by atoms with van der Waals surface area (Å²) in [6.45, 7) is 5.92. The first-order chi connectivity index (χ1) is 7.78. The average molecular weight is 243 g/mol. The van der Waals surface area contributed by atoms with Crippen LogP contribution in [0.2, 0.25) is 0 Å². The van der Waals surface area contributed by atoms with Crippen LogP contribution in [0.5, 0.6) is 0 Å². The molecule has 17 heavy (non-hydrogen) atoms. The van der Waals surface area contributed by atoms with Gasteiger partial charge in [0.15, 0.2) is 0 Å². The Labute approximate surface area is 102 Å². The number of nitrogens with one attached hydrogen (secondary N) is 1. The number of aliphatic carboxylic acids is 1. The highest BCUT2D eigenvalue weighted by Gasteiger charge is 2.30. The van der Waals surface area contributed by atoms with Gasteiger partial charge in [-0.1, -0.05) is 0 Å². The number of hydrogen-bond donors (Lipinski definition) is 2. The SMILES string of the molecule is CC(C)(C)OC(=O)NC[C@H]1CC[C@@H](C(=O)O)C1. The van der Waals surface area contributed by atoms with Gasteiger partial charge in [-0.15, -0.1) is 0 Å². The first kappa shape index (κ1) is 13.8. The van der Waals surface area contributed by atoms with Crippen molar-refractivity contribution in [2.45, 2.75) is 45.6 Å². The van der Waals surface area contributed by atoms with Crippen molar-refractivity contribution in [2.24, 2.45) is 11.8 Å². The molecule has 1 aliphatic rings. The standard InChI is InChI=1S/C12H21NO4/c1-12(2,3)17-11(16)13-7-8-4-5-9(6-8)10(14)15/h8-9H,4-7H2,1-3H3,(H,13,16)(H,14,15)/t8-,9+/m0/s1. The Bertz CT molecular complexity index is 295. The summed E-state index contributed by atoms with van der Waals surface area (Å²) in [5.41, 5.74) is -0.497. The van der Waals surface area contributed by atoms with Crippen LogP contribution < -0.4 is 5.32 Å². The third kappa shape index (κ3) is 5.06. The lowest BCUT2D eigenvalue weighted by Crippen LogP contribution is -2.35. The number of carboxylic acids is 1. The molecule has 0 aromatic heterocycles. The largest absolute Gasteiger partial charge is 0.481 e. The lowest BCUT2D eigenvalue weighted by Gasteiger charge is -2.20. The fourth-order valence-electron chi connectivity index (χ4n) is 2.03. The number of alkyl carbamates (subject to hydrolysis) is 1. The highest BCUT2D eigenvalue weighted by atomic mass is 16.6. The van der Waals surface area contributed by atoms with Crippen molar-refractivity contribution in [1.29, 1.82) is 0 Å². The van der Waals surface area contributed by atoms with E-state index in [4.69, 9.17) is 9.84 Å². The number of ether oxygens (including phenoxy) is 1. The van der Waals surface area contributed by atoms with Gasteiger partial charge in [-0.3, -0.25) is 4.79 Å². The van der Waals surface area contributed by atoms with Gasteiger partial charge in [0.1, 0.15) is 5.60 Å². The summed E-state index contributed by atoms with van der Waals surface area (Å²) < 4.78 is 5.11. The third-order valence-electron chi connectivity index (χ3n) is 2.82. The minimum atomic E-state index is -0.732. The molecular formula is C12H21NO4. The van der Waals surface area contributed by atoms with Crippen LogP contribution in [0, 0.1) is 11.8 Å². The van der Waals surface area contributed by atoms with E-state index in [0.717, 1.165) is 6.42 Å². The molecule has 0 radical (unpaired) electrons. The van der Waals surface area contributed by atoms with Gasteiger partial charge in [0.2, 0.25) is 0 Å². The predicted octanol–water partition coefficient (Wildman–Crippen LogP) is 2.01. The van der Waals surface area contributed by atoms with E-state index in [-0.39, 0.29) is 11.8 Å². The van der Waals surface area contributed by atoms with Crippen molar-refractivity contribution in [3.05, 3.63) is 0 Å². The molecule has 0 unspecified atom stereocenters. The van der Waals surface area contributed by atoms with Crippen LogP contribution in [-0.4, -0.2) is 29.3 Å². The van der Waals surface area contributed by atoms with Crippen molar-refractivity contribution in [2.75, 3.05) is 6.54 Å². The lowest BCUT2D eigenvalue weighted by atomic mass is 10.1. The summed E-state index contributed by atoms with van der Waals surface area (Å²) in [5.74, 6) is -0.728. The number of carbonyl (C=O) groups excluding carboxylic acids is 1. The maximum absolute atomic E-state index is 11.4. The third-order valence-corrected chi connectivity index (χ3v) is 2.82. The maximum Gasteiger partial charge on any atom is 0.407 e. The van der Waals surface area contributed by atoms with Crippen LogP contribution in [-0.2, 0) is 9.53 Å². The summed E-state index contributed by atoms with van der Waals surface area (Å²) in [7, 11) is 0. The summed E-state index contributed by atoms with van der Waals surface area (Å²) in [5, 5.41) is 11.5. The zero-order valence-corrected chi connectivity index (χ0v) is 10.7. The molecule has 1 rings (SSSR count). The van der Waals surface area contributed by atoms with Crippen molar-refractivity contribution in [3.63, 3.8) is 0 Å². The molecule has 0 aliphatic heterocycles. The second-order valence-electron chi connectivity index (χ2n) is 5.60. The van der Waals surface area contributed by atoms with Gasteiger partial charge in [-0.05, 0) is 46.0 Å². The Kier molecular flexibility index (Phi) is 4.37. The molecule has 0 bridgehead atoms. The summed E-state index contributed by atoms with van der Waals surface area (Å²) in [6, 6.07) is 0. The molecule has 0 aromatic rings. The van der Waals surface area contributed by atoms with E-state index in [1.165, 1.54) is 0 Å². The Morgan fingerprint density at radius 2 is 2.00 bits per heavy atom. The minimum absolute atomic E-state index is 0.250. The molecule has 5 heteroatoms. The molecule has 1 amide bonds. The van der Waals surface area contributed by atoms with Gasteiger partial charge in [-0.25, -0.2) is 4.79 Å². The molecule has 1 fully saturated rings. The molecule has 0 heterocycles. The first-order valence-corrected chi connectivity index (χ1v) is 5.97. The van der Waals surface area contributed by atoms with E-state index >= 15 is 0 Å². The highest BCUT2D eigenvalue weighted by molar-refractivity contribution is 5.70. The Hall–Kier alpha value is -1.26. The van der Waals surface area contributed by atoms with E-state index in [0.29, 0.717) is 19.4 Å². The van der Waals surface area contributed by atoms with Gasteiger partial charge < -0.3 is 15.2 Å². The molecular weight excluding hydrogens is 222 g/mol. The van der Waals surface area contributed by atoms with Crippen molar-refractivity contribution < 1.29 is 19.4 Å². The number of carbonyl (C=O) groups is 2. The van der Waals surface area contributed by atoms with Gasteiger partial charge in [-0.2, -0.15) is 0 Å². The molecule has 0 aromatic carbocycles. The topological polar surface area (TPSA) is 75.6 Å². The molecule has 0 spiro atoms. The Balaban J connectivity index is 2.24. The van der Waals surface area contributed by atoms with Gasteiger partial charge in [0.05, 0.1) is 5.92 Å². The molecule has 5 nitrogen and oxygen atoms in total. The van der Waals surface area contributed by atoms with E-state index in [9.17, 15) is 9.59 Å². The number of carboxylic acid groups (broad SMARTS) is 1. The van der Waals surface area contributed by atoms with Crippen LogP contribution in [0.4, 0.5) is 4.79 Å².